The highest BCUT2D eigenvalue weighted by atomic mass is 32.2. The Morgan fingerprint density at radius 3 is 3.00 bits per heavy atom. The standard InChI is InChI=1S/C12H17N3O3S/c1-8-5-15(12(13-8)19-7-11(17)18)9-3-4-10(16)14(2)6-9/h5,9H,3-4,6-7H2,1-2H3,(H,17,18). The van der Waals surface area contributed by atoms with Gasteiger partial charge in [0.05, 0.1) is 17.5 Å². The monoisotopic (exact) mass is 283 g/mol. The maximum atomic E-state index is 11.5. The number of likely N-dealkylation sites (N-methyl/N-ethyl adjacent to an activating group) is 1. The number of thioether (sulfide) groups is 1. The lowest BCUT2D eigenvalue weighted by molar-refractivity contribution is -0.134. The van der Waals surface area contributed by atoms with Crippen LogP contribution in [0.3, 0.4) is 0 Å². The second-order valence-electron chi connectivity index (χ2n) is 4.72. The third-order valence-corrected chi connectivity index (χ3v) is 4.09. The van der Waals surface area contributed by atoms with Gasteiger partial charge in [0, 0.05) is 26.2 Å². The van der Waals surface area contributed by atoms with Crippen LogP contribution in [-0.2, 0) is 9.59 Å². The summed E-state index contributed by atoms with van der Waals surface area (Å²) in [7, 11) is 1.79. The van der Waals surface area contributed by atoms with Gasteiger partial charge >= 0.3 is 5.97 Å². The number of aryl methyl sites for hydroxylation is 1. The maximum Gasteiger partial charge on any atom is 0.313 e. The number of hydrogen-bond acceptors (Lipinski definition) is 4. The van der Waals surface area contributed by atoms with E-state index in [0.717, 1.165) is 12.1 Å². The summed E-state index contributed by atoms with van der Waals surface area (Å²) >= 11 is 1.22. The molecule has 0 aromatic carbocycles. The van der Waals surface area contributed by atoms with E-state index < -0.39 is 5.97 Å². The Morgan fingerprint density at radius 1 is 1.63 bits per heavy atom. The summed E-state index contributed by atoms with van der Waals surface area (Å²) in [5.74, 6) is -0.696. The van der Waals surface area contributed by atoms with Crippen molar-refractivity contribution in [3.05, 3.63) is 11.9 Å². The van der Waals surface area contributed by atoms with Gasteiger partial charge in [0.25, 0.3) is 0 Å². The van der Waals surface area contributed by atoms with Crippen molar-refractivity contribution >= 4 is 23.6 Å². The van der Waals surface area contributed by atoms with Crippen LogP contribution in [0.5, 0.6) is 0 Å². The molecule has 1 aromatic heterocycles. The summed E-state index contributed by atoms with van der Waals surface area (Å²) in [5.41, 5.74) is 0.868. The van der Waals surface area contributed by atoms with Crippen LogP contribution in [0.15, 0.2) is 11.4 Å². The Labute approximate surface area is 115 Å². The molecule has 7 heteroatoms. The van der Waals surface area contributed by atoms with Crippen molar-refractivity contribution in [3.63, 3.8) is 0 Å². The predicted octanol–water partition coefficient (Wildman–Crippen LogP) is 1.16. The van der Waals surface area contributed by atoms with Gasteiger partial charge in [-0.3, -0.25) is 9.59 Å². The molecule has 1 aliphatic heterocycles. The summed E-state index contributed by atoms with van der Waals surface area (Å²) in [6.07, 6.45) is 3.24. The van der Waals surface area contributed by atoms with Gasteiger partial charge < -0.3 is 14.6 Å². The second-order valence-corrected chi connectivity index (χ2v) is 5.66. The SMILES string of the molecule is Cc1cn(C2CCC(=O)N(C)C2)c(SCC(=O)O)n1. The molecule has 2 heterocycles. The quantitative estimate of drug-likeness (QED) is 0.839. The van der Waals surface area contributed by atoms with E-state index in [0.29, 0.717) is 18.1 Å². The molecule has 1 saturated heterocycles. The van der Waals surface area contributed by atoms with Crippen molar-refractivity contribution in [2.45, 2.75) is 31.0 Å². The number of carboxylic acids is 1. The zero-order valence-electron chi connectivity index (χ0n) is 11.0. The first kappa shape index (κ1) is 13.9. The first-order chi connectivity index (χ1) is 8.97. The number of piperidine rings is 1. The molecule has 6 nitrogen and oxygen atoms in total. The number of carbonyl (C=O) groups is 2. The average molecular weight is 283 g/mol. The number of carbonyl (C=O) groups excluding carboxylic acids is 1. The summed E-state index contributed by atoms with van der Waals surface area (Å²) in [4.78, 5) is 28.2. The van der Waals surface area contributed by atoms with Crippen LogP contribution in [0.1, 0.15) is 24.6 Å². The lowest BCUT2D eigenvalue weighted by Crippen LogP contribution is -2.37. The second kappa shape index (κ2) is 5.64. The number of likely N-dealkylation sites (tertiary alicyclic amines) is 1. The minimum absolute atomic E-state index is 0.00204. The molecule has 0 bridgehead atoms. The van der Waals surface area contributed by atoms with Crippen molar-refractivity contribution in [1.82, 2.24) is 14.5 Å². The van der Waals surface area contributed by atoms with Crippen molar-refractivity contribution in [2.75, 3.05) is 19.3 Å². The van der Waals surface area contributed by atoms with Gasteiger partial charge in [-0.25, -0.2) is 4.98 Å². The molecule has 0 spiro atoms. The minimum Gasteiger partial charge on any atom is -0.481 e. The molecular weight excluding hydrogens is 266 g/mol. The lowest BCUT2D eigenvalue weighted by atomic mass is 10.1. The number of imidazole rings is 1. The number of amides is 1. The molecule has 1 aliphatic rings. The van der Waals surface area contributed by atoms with Crippen LogP contribution < -0.4 is 0 Å². The molecule has 0 saturated carbocycles. The van der Waals surface area contributed by atoms with E-state index in [4.69, 9.17) is 5.11 Å². The molecule has 1 N–H and O–H groups in total. The molecule has 19 heavy (non-hydrogen) atoms. The van der Waals surface area contributed by atoms with Crippen LogP contribution in [0.25, 0.3) is 0 Å². The summed E-state index contributed by atoms with van der Waals surface area (Å²) in [6, 6.07) is 0.181. The Bertz CT molecular complexity index is 500. The molecule has 1 atom stereocenters. The van der Waals surface area contributed by atoms with E-state index in [1.165, 1.54) is 11.8 Å². The highest BCUT2D eigenvalue weighted by Crippen LogP contribution is 2.27. The van der Waals surface area contributed by atoms with Crippen molar-refractivity contribution < 1.29 is 14.7 Å². The van der Waals surface area contributed by atoms with E-state index in [2.05, 4.69) is 4.98 Å². The van der Waals surface area contributed by atoms with Crippen LogP contribution in [0, 0.1) is 6.92 Å². The van der Waals surface area contributed by atoms with Crippen LogP contribution in [0.2, 0.25) is 0 Å². The molecule has 1 amide bonds. The average Bonchev–Trinajstić information content (AvgIpc) is 2.71. The fourth-order valence-electron chi connectivity index (χ4n) is 2.21. The molecule has 1 fully saturated rings. The van der Waals surface area contributed by atoms with Gasteiger partial charge in [0.2, 0.25) is 5.91 Å². The zero-order valence-corrected chi connectivity index (χ0v) is 11.8. The Balaban J connectivity index is 2.14. The number of nitrogens with zero attached hydrogens (tertiary/aromatic N) is 3. The Morgan fingerprint density at radius 2 is 2.37 bits per heavy atom. The molecule has 104 valence electrons. The third-order valence-electron chi connectivity index (χ3n) is 3.14. The Hall–Kier alpha value is -1.50. The van der Waals surface area contributed by atoms with Crippen molar-refractivity contribution in [2.24, 2.45) is 0 Å². The van der Waals surface area contributed by atoms with E-state index in [1.807, 2.05) is 17.7 Å². The molecular formula is C12H17N3O3S. The summed E-state index contributed by atoms with van der Waals surface area (Å²) in [5, 5.41) is 9.46. The topological polar surface area (TPSA) is 75.4 Å². The van der Waals surface area contributed by atoms with Gasteiger partial charge in [0.1, 0.15) is 0 Å². The Kier molecular flexibility index (Phi) is 4.14. The number of aromatic nitrogens is 2. The minimum atomic E-state index is -0.854. The summed E-state index contributed by atoms with van der Waals surface area (Å²) in [6.45, 7) is 2.54. The maximum absolute atomic E-state index is 11.5. The fourth-order valence-corrected chi connectivity index (χ4v) is 3.02. The van der Waals surface area contributed by atoms with Gasteiger partial charge in [-0.15, -0.1) is 0 Å². The van der Waals surface area contributed by atoms with Crippen molar-refractivity contribution in [1.29, 1.82) is 0 Å². The number of aliphatic carboxylic acids is 1. The molecule has 0 aliphatic carbocycles. The molecule has 0 radical (unpaired) electrons. The molecule has 1 aromatic rings. The first-order valence-corrected chi connectivity index (χ1v) is 7.10. The fraction of sp³-hybridized carbons (Fsp3) is 0.583. The third kappa shape index (κ3) is 3.28. The lowest BCUT2D eigenvalue weighted by Gasteiger charge is -2.31. The summed E-state index contributed by atoms with van der Waals surface area (Å²) < 4.78 is 2.01. The van der Waals surface area contributed by atoms with Gasteiger partial charge in [0.15, 0.2) is 5.16 Å². The van der Waals surface area contributed by atoms with E-state index in [1.54, 1.807) is 11.9 Å². The highest BCUT2D eigenvalue weighted by Gasteiger charge is 2.26. The zero-order chi connectivity index (χ0) is 14.0. The van der Waals surface area contributed by atoms with Gasteiger partial charge in [-0.2, -0.15) is 0 Å². The van der Waals surface area contributed by atoms with Crippen LogP contribution >= 0.6 is 11.8 Å². The number of rotatable bonds is 4. The first-order valence-electron chi connectivity index (χ1n) is 6.11. The number of carboxylic acid groups (broad SMARTS) is 1. The largest absolute Gasteiger partial charge is 0.481 e. The number of hydrogen-bond donors (Lipinski definition) is 1. The van der Waals surface area contributed by atoms with Gasteiger partial charge in [-0.05, 0) is 13.3 Å². The van der Waals surface area contributed by atoms with Crippen molar-refractivity contribution in [3.8, 4) is 0 Å². The molecule has 2 rings (SSSR count). The van der Waals surface area contributed by atoms with E-state index >= 15 is 0 Å². The molecule has 1 unspecified atom stereocenters. The van der Waals surface area contributed by atoms with E-state index in [9.17, 15) is 9.59 Å². The van der Waals surface area contributed by atoms with Crippen LogP contribution in [0.4, 0.5) is 0 Å². The predicted molar refractivity (Wildman–Crippen MR) is 71.2 cm³/mol. The normalized spacial score (nSPS) is 19.8. The van der Waals surface area contributed by atoms with Gasteiger partial charge in [-0.1, -0.05) is 11.8 Å². The van der Waals surface area contributed by atoms with Crippen LogP contribution in [-0.4, -0.2) is 50.8 Å². The van der Waals surface area contributed by atoms with E-state index in [-0.39, 0.29) is 17.7 Å². The highest BCUT2D eigenvalue weighted by molar-refractivity contribution is 7.99. The smallest absolute Gasteiger partial charge is 0.313 e.